The molecule has 180 valence electrons. The van der Waals surface area contributed by atoms with E-state index in [4.69, 9.17) is 10.7 Å². The number of thiophene rings is 1. The van der Waals surface area contributed by atoms with Crippen molar-refractivity contribution >= 4 is 33.1 Å². The first kappa shape index (κ1) is 23.5. The number of amides is 1. The molecule has 0 spiro atoms. The Morgan fingerprint density at radius 2 is 1.51 bits per heavy atom. The summed E-state index contributed by atoms with van der Waals surface area (Å²) in [5, 5.41) is 0.887. The van der Waals surface area contributed by atoms with Gasteiger partial charge in [-0.3, -0.25) is 9.69 Å². The normalized spacial score (nSPS) is 14.8. The third-order valence-corrected chi connectivity index (χ3v) is 7.76. The molecule has 2 aromatic heterocycles. The Kier molecular flexibility index (Phi) is 6.84. The molecular weight excluding hydrogens is 452 g/mol. The number of pyridine rings is 1. The van der Waals surface area contributed by atoms with E-state index in [0.29, 0.717) is 29.6 Å². The summed E-state index contributed by atoms with van der Waals surface area (Å²) >= 11 is 1.43. The lowest BCUT2D eigenvalue weighted by atomic mass is 9.96. The Morgan fingerprint density at radius 3 is 2.09 bits per heavy atom. The smallest absolute Gasteiger partial charge is 0.266 e. The van der Waals surface area contributed by atoms with Crippen molar-refractivity contribution in [1.29, 1.82) is 0 Å². The van der Waals surface area contributed by atoms with Crippen molar-refractivity contribution in [3.63, 3.8) is 0 Å². The van der Waals surface area contributed by atoms with E-state index in [1.165, 1.54) is 22.5 Å². The number of carbonyl (C=O) groups excluding carboxylic acids is 1. The SMILES string of the molecule is CC(C)Cc1ccc2c(N)c(C(=O)N3CCN(C(c4ccccc4)c4ccccc4)CC3)sc2n1. The summed E-state index contributed by atoms with van der Waals surface area (Å²) in [6.45, 7) is 7.33. The quantitative estimate of drug-likeness (QED) is 0.386. The Balaban J connectivity index is 1.34. The summed E-state index contributed by atoms with van der Waals surface area (Å²) in [6, 6.07) is 25.5. The van der Waals surface area contributed by atoms with Crippen molar-refractivity contribution in [3.05, 3.63) is 94.5 Å². The molecule has 0 radical (unpaired) electrons. The molecule has 1 aliphatic rings. The number of fused-ring (bicyclic) bond motifs is 1. The minimum Gasteiger partial charge on any atom is -0.397 e. The highest BCUT2D eigenvalue weighted by molar-refractivity contribution is 7.21. The van der Waals surface area contributed by atoms with Crippen LogP contribution < -0.4 is 5.73 Å². The highest BCUT2D eigenvalue weighted by Crippen LogP contribution is 2.35. The maximum absolute atomic E-state index is 13.5. The molecule has 2 aromatic carbocycles. The van der Waals surface area contributed by atoms with Crippen LogP contribution in [0.25, 0.3) is 10.2 Å². The first-order valence-electron chi connectivity index (χ1n) is 12.3. The Morgan fingerprint density at radius 1 is 0.914 bits per heavy atom. The number of carbonyl (C=O) groups is 1. The van der Waals surface area contributed by atoms with Gasteiger partial charge in [-0.15, -0.1) is 11.3 Å². The molecule has 3 heterocycles. The van der Waals surface area contributed by atoms with Crippen LogP contribution in [0.2, 0.25) is 0 Å². The highest BCUT2D eigenvalue weighted by Gasteiger charge is 2.30. The molecule has 0 atom stereocenters. The minimum absolute atomic E-state index is 0.0199. The van der Waals surface area contributed by atoms with Gasteiger partial charge in [-0.25, -0.2) is 4.98 Å². The van der Waals surface area contributed by atoms with Crippen molar-refractivity contribution in [2.24, 2.45) is 5.92 Å². The van der Waals surface area contributed by atoms with Gasteiger partial charge in [0, 0.05) is 37.3 Å². The lowest BCUT2D eigenvalue weighted by molar-refractivity contribution is 0.0603. The third kappa shape index (κ3) is 4.95. The molecule has 1 amide bonds. The van der Waals surface area contributed by atoms with Gasteiger partial charge in [-0.1, -0.05) is 74.5 Å². The largest absolute Gasteiger partial charge is 0.397 e. The Hall–Kier alpha value is -3.22. The Bertz CT molecular complexity index is 1260. The van der Waals surface area contributed by atoms with E-state index in [-0.39, 0.29) is 11.9 Å². The monoisotopic (exact) mass is 484 g/mol. The summed E-state index contributed by atoms with van der Waals surface area (Å²) in [4.78, 5) is 24.2. The van der Waals surface area contributed by atoms with Crippen LogP contribution in [0.4, 0.5) is 5.69 Å². The van der Waals surface area contributed by atoms with Gasteiger partial charge in [-0.05, 0) is 35.6 Å². The van der Waals surface area contributed by atoms with Gasteiger partial charge in [0.05, 0.1) is 11.7 Å². The van der Waals surface area contributed by atoms with Gasteiger partial charge in [0.1, 0.15) is 9.71 Å². The van der Waals surface area contributed by atoms with Crippen LogP contribution in [-0.4, -0.2) is 46.9 Å². The summed E-state index contributed by atoms with van der Waals surface area (Å²) in [5.41, 5.74) is 10.6. The number of rotatable bonds is 6. The summed E-state index contributed by atoms with van der Waals surface area (Å²) in [6.07, 6.45) is 0.920. The molecule has 4 aromatic rings. The zero-order valence-electron chi connectivity index (χ0n) is 20.4. The second-order valence-corrected chi connectivity index (χ2v) is 10.6. The third-order valence-electron chi connectivity index (χ3n) is 6.66. The molecule has 35 heavy (non-hydrogen) atoms. The summed E-state index contributed by atoms with van der Waals surface area (Å²) in [7, 11) is 0. The fraction of sp³-hybridized carbons (Fsp3) is 0.310. The molecule has 0 saturated carbocycles. The molecule has 2 N–H and O–H groups in total. The van der Waals surface area contributed by atoms with Gasteiger partial charge < -0.3 is 10.6 Å². The van der Waals surface area contributed by atoms with Crippen molar-refractivity contribution in [2.75, 3.05) is 31.9 Å². The van der Waals surface area contributed by atoms with Gasteiger partial charge >= 0.3 is 0 Å². The number of hydrogen-bond donors (Lipinski definition) is 1. The van der Waals surface area contributed by atoms with Crippen molar-refractivity contribution in [1.82, 2.24) is 14.8 Å². The van der Waals surface area contributed by atoms with E-state index in [0.717, 1.165) is 35.4 Å². The molecule has 0 bridgehead atoms. The zero-order valence-corrected chi connectivity index (χ0v) is 21.2. The van der Waals surface area contributed by atoms with Crippen molar-refractivity contribution in [3.8, 4) is 0 Å². The minimum atomic E-state index is 0.0199. The first-order chi connectivity index (χ1) is 17.0. The molecule has 5 nitrogen and oxygen atoms in total. The molecule has 1 saturated heterocycles. The van der Waals surface area contributed by atoms with Crippen LogP contribution in [-0.2, 0) is 6.42 Å². The van der Waals surface area contributed by atoms with E-state index in [9.17, 15) is 4.79 Å². The van der Waals surface area contributed by atoms with E-state index in [2.05, 4.69) is 79.4 Å². The van der Waals surface area contributed by atoms with Crippen LogP contribution in [0.15, 0.2) is 72.8 Å². The predicted molar refractivity (Wildman–Crippen MR) is 145 cm³/mol. The fourth-order valence-corrected chi connectivity index (χ4v) is 6.02. The first-order valence-corrected chi connectivity index (χ1v) is 13.1. The fourth-order valence-electron chi connectivity index (χ4n) is 4.94. The van der Waals surface area contributed by atoms with Crippen LogP contribution in [0.3, 0.4) is 0 Å². The van der Waals surface area contributed by atoms with E-state index >= 15 is 0 Å². The molecule has 1 aliphatic heterocycles. The second kappa shape index (κ2) is 10.2. The average molecular weight is 485 g/mol. The molecule has 0 aliphatic carbocycles. The van der Waals surface area contributed by atoms with Gasteiger partial charge in [0.15, 0.2) is 0 Å². The molecule has 6 heteroatoms. The zero-order chi connectivity index (χ0) is 24.4. The predicted octanol–water partition coefficient (Wildman–Crippen LogP) is 5.62. The lowest BCUT2D eigenvalue weighted by Gasteiger charge is -2.39. The summed E-state index contributed by atoms with van der Waals surface area (Å²) < 4.78 is 0. The van der Waals surface area contributed by atoms with E-state index in [1.807, 2.05) is 17.0 Å². The van der Waals surface area contributed by atoms with Crippen LogP contribution in [0.1, 0.15) is 46.4 Å². The van der Waals surface area contributed by atoms with E-state index in [1.54, 1.807) is 0 Å². The maximum atomic E-state index is 13.5. The molecular formula is C29H32N4OS. The standard InChI is InChI=1S/C29H32N4OS/c1-20(2)19-23-13-14-24-25(30)27(35-28(24)31-23)29(34)33-17-15-32(16-18-33)26(21-9-5-3-6-10-21)22-11-7-4-8-12-22/h3-14,20,26H,15-19,30H2,1-2H3. The Labute approximate surface area is 211 Å². The van der Waals surface area contributed by atoms with Crippen LogP contribution in [0.5, 0.6) is 0 Å². The van der Waals surface area contributed by atoms with Gasteiger partial charge in [0.2, 0.25) is 0 Å². The van der Waals surface area contributed by atoms with Crippen molar-refractivity contribution in [2.45, 2.75) is 26.3 Å². The van der Waals surface area contributed by atoms with Gasteiger partial charge in [0.25, 0.3) is 5.91 Å². The average Bonchev–Trinajstić information content (AvgIpc) is 3.21. The number of piperazine rings is 1. The highest BCUT2D eigenvalue weighted by atomic mass is 32.1. The topological polar surface area (TPSA) is 62.5 Å². The molecule has 1 fully saturated rings. The number of hydrogen-bond acceptors (Lipinski definition) is 5. The van der Waals surface area contributed by atoms with Crippen LogP contribution >= 0.6 is 11.3 Å². The number of nitrogens with two attached hydrogens (primary N) is 1. The maximum Gasteiger partial charge on any atom is 0.266 e. The number of aromatic nitrogens is 1. The number of anilines is 1. The lowest BCUT2D eigenvalue weighted by Crippen LogP contribution is -2.49. The number of nitrogen functional groups attached to an aromatic ring is 1. The second-order valence-electron chi connectivity index (χ2n) is 9.65. The number of benzene rings is 2. The molecule has 0 unspecified atom stereocenters. The van der Waals surface area contributed by atoms with Crippen LogP contribution in [0, 0.1) is 5.92 Å². The van der Waals surface area contributed by atoms with E-state index < -0.39 is 0 Å². The number of nitrogens with zero attached hydrogens (tertiary/aromatic N) is 3. The molecule has 5 rings (SSSR count). The van der Waals surface area contributed by atoms with Crippen molar-refractivity contribution < 1.29 is 4.79 Å². The summed E-state index contributed by atoms with van der Waals surface area (Å²) in [5.74, 6) is 0.553. The van der Waals surface area contributed by atoms with Gasteiger partial charge in [-0.2, -0.15) is 0 Å².